The molecule has 2 aromatic carbocycles. The number of benzene rings is 2. The lowest BCUT2D eigenvalue weighted by Crippen LogP contribution is -2.34. The number of rotatable bonds is 7. The molecule has 0 heterocycles. The van der Waals surface area contributed by atoms with Crippen molar-refractivity contribution in [3.8, 4) is 5.75 Å². The van der Waals surface area contributed by atoms with Crippen molar-refractivity contribution < 1.29 is 37.4 Å². The summed E-state index contributed by atoms with van der Waals surface area (Å²) in [7, 11) is 0. The molecule has 0 aliphatic carbocycles. The molecule has 29 heavy (non-hydrogen) atoms. The fraction of sp³-hybridized carbons (Fsp3) is 0.158. The molecule has 0 saturated heterocycles. The summed E-state index contributed by atoms with van der Waals surface area (Å²) in [4.78, 5) is 46.8. The van der Waals surface area contributed by atoms with Crippen LogP contribution >= 0.6 is 0 Å². The Kier molecular flexibility index (Phi) is 7.35. The van der Waals surface area contributed by atoms with Crippen molar-refractivity contribution in [3.05, 3.63) is 59.7 Å². The maximum atomic E-state index is 12.1. The monoisotopic (exact) mass is 406 g/mol. The quantitative estimate of drug-likeness (QED) is 0.683. The zero-order valence-corrected chi connectivity index (χ0v) is 15.1. The minimum absolute atomic E-state index is 0.0225. The highest BCUT2D eigenvalue weighted by Gasteiger charge is 2.15. The van der Waals surface area contributed by atoms with E-state index in [1.165, 1.54) is 37.3 Å². The number of ether oxygens (including phenoxy) is 2. The lowest BCUT2D eigenvalue weighted by molar-refractivity contribution is -0.123. The van der Waals surface area contributed by atoms with Crippen LogP contribution in [0, 0.1) is 0 Å². The molecule has 0 saturated carbocycles. The van der Waals surface area contributed by atoms with E-state index >= 15 is 0 Å². The van der Waals surface area contributed by atoms with E-state index in [4.69, 9.17) is 4.74 Å². The van der Waals surface area contributed by atoms with Gasteiger partial charge in [-0.2, -0.15) is 8.78 Å². The first-order valence-corrected chi connectivity index (χ1v) is 8.18. The van der Waals surface area contributed by atoms with Crippen LogP contribution in [0.2, 0.25) is 0 Å². The van der Waals surface area contributed by atoms with Crippen molar-refractivity contribution in [2.75, 3.05) is 11.9 Å². The number of anilines is 1. The number of esters is 1. The molecular weight excluding hydrogens is 390 g/mol. The Morgan fingerprint density at radius 2 is 1.69 bits per heavy atom. The lowest BCUT2D eigenvalue weighted by atomic mass is 10.2. The van der Waals surface area contributed by atoms with Gasteiger partial charge in [-0.15, -0.1) is 0 Å². The number of hydrogen-bond acceptors (Lipinski definition) is 6. The summed E-state index contributed by atoms with van der Waals surface area (Å²) in [5, 5.41) is 4.50. The van der Waals surface area contributed by atoms with Crippen LogP contribution in [0.25, 0.3) is 0 Å². The predicted molar refractivity (Wildman–Crippen MR) is 96.6 cm³/mol. The smallest absolute Gasteiger partial charge is 0.387 e. The maximum absolute atomic E-state index is 12.1. The minimum Gasteiger partial charge on any atom is -0.452 e. The highest BCUT2D eigenvalue weighted by molar-refractivity contribution is 6.05. The third-order valence-electron chi connectivity index (χ3n) is 3.35. The van der Waals surface area contributed by atoms with Crippen LogP contribution in [-0.4, -0.2) is 36.9 Å². The average Bonchev–Trinajstić information content (AvgIpc) is 2.66. The Balaban J connectivity index is 1.86. The van der Waals surface area contributed by atoms with E-state index in [2.05, 4.69) is 10.1 Å². The van der Waals surface area contributed by atoms with Crippen molar-refractivity contribution >= 4 is 29.4 Å². The highest BCUT2D eigenvalue weighted by Crippen LogP contribution is 2.15. The number of carbonyl (C=O) groups excluding carboxylic acids is 4. The fourth-order valence-corrected chi connectivity index (χ4v) is 2.16. The Morgan fingerprint density at radius 1 is 1.00 bits per heavy atom. The van der Waals surface area contributed by atoms with Crippen LogP contribution in [0.4, 0.5) is 14.5 Å². The molecule has 0 spiro atoms. The van der Waals surface area contributed by atoms with Gasteiger partial charge in [0.05, 0.1) is 5.56 Å². The molecular formula is C19H16F2N2O6. The van der Waals surface area contributed by atoms with Crippen LogP contribution in [0.3, 0.4) is 0 Å². The molecule has 10 heteroatoms. The predicted octanol–water partition coefficient (Wildman–Crippen LogP) is 2.36. The number of carbonyl (C=O) groups is 4. The van der Waals surface area contributed by atoms with Gasteiger partial charge in [-0.25, -0.2) is 4.79 Å². The van der Waals surface area contributed by atoms with Crippen molar-refractivity contribution in [1.82, 2.24) is 5.32 Å². The third kappa shape index (κ3) is 7.01. The van der Waals surface area contributed by atoms with E-state index in [9.17, 15) is 28.0 Å². The summed E-state index contributed by atoms with van der Waals surface area (Å²) < 4.78 is 33.2. The van der Waals surface area contributed by atoms with Crippen LogP contribution in [0.1, 0.15) is 27.6 Å². The first-order chi connectivity index (χ1) is 13.7. The molecule has 0 aromatic heterocycles. The molecule has 2 N–H and O–H groups in total. The van der Waals surface area contributed by atoms with E-state index in [-0.39, 0.29) is 22.8 Å². The van der Waals surface area contributed by atoms with Crippen molar-refractivity contribution in [3.63, 3.8) is 0 Å². The fourth-order valence-electron chi connectivity index (χ4n) is 2.16. The summed E-state index contributed by atoms with van der Waals surface area (Å²) in [6, 6.07) is 10.6. The summed E-state index contributed by atoms with van der Waals surface area (Å²) in [6.07, 6.45) is 0. The van der Waals surface area contributed by atoms with Crippen LogP contribution in [0.15, 0.2) is 48.5 Å². The SMILES string of the molecule is CC(=O)Nc1cccc(C(=O)OCC(=O)NC(=O)c2ccc(OC(F)F)cc2)c1. The second-order valence-corrected chi connectivity index (χ2v) is 5.62. The summed E-state index contributed by atoms with van der Waals surface area (Å²) in [5.74, 6) is -2.97. The second-order valence-electron chi connectivity index (χ2n) is 5.62. The average molecular weight is 406 g/mol. The number of alkyl halides is 2. The van der Waals surface area contributed by atoms with E-state index < -0.39 is 31.0 Å². The molecule has 8 nitrogen and oxygen atoms in total. The molecule has 0 aliphatic heterocycles. The first-order valence-electron chi connectivity index (χ1n) is 8.18. The van der Waals surface area contributed by atoms with Gasteiger partial charge in [0.2, 0.25) is 5.91 Å². The molecule has 152 valence electrons. The maximum Gasteiger partial charge on any atom is 0.387 e. The molecule has 0 bridgehead atoms. The highest BCUT2D eigenvalue weighted by atomic mass is 19.3. The van der Waals surface area contributed by atoms with Gasteiger partial charge in [-0.1, -0.05) is 6.07 Å². The third-order valence-corrected chi connectivity index (χ3v) is 3.35. The zero-order chi connectivity index (χ0) is 21.4. The molecule has 0 aliphatic rings. The van der Waals surface area contributed by atoms with Gasteiger partial charge >= 0.3 is 12.6 Å². The Hall–Kier alpha value is -3.82. The first kappa shape index (κ1) is 21.5. The summed E-state index contributed by atoms with van der Waals surface area (Å²) in [6.45, 7) is -2.40. The van der Waals surface area contributed by atoms with Crippen LogP contribution in [0.5, 0.6) is 5.75 Å². The van der Waals surface area contributed by atoms with Gasteiger partial charge in [0, 0.05) is 18.2 Å². The molecule has 0 unspecified atom stereocenters. The molecule has 0 fully saturated rings. The largest absolute Gasteiger partial charge is 0.452 e. The minimum atomic E-state index is -3.00. The van der Waals surface area contributed by atoms with Crippen molar-refractivity contribution in [1.29, 1.82) is 0 Å². The number of hydrogen-bond donors (Lipinski definition) is 2. The molecule has 2 aromatic rings. The van der Waals surface area contributed by atoms with E-state index in [1.54, 1.807) is 6.07 Å². The molecule has 2 rings (SSSR count). The second kappa shape index (κ2) is 9.93. The Bertz CT molecular complexity index is 915. The number of amides is 3. The normalized spacial score (nSPS) is 10.2. The number of imide groups is 1. The topological polar surface area (TPSA) is 111 Å². The zero-order valence-electron chi connectivity index (χ0n) is 15.1. The standard InChI is InChI=1S/C19H16F2N2O6/c1-11(24)22-14-4-2-3-13(9-14)18(27)28-10-16(25)23-17(26)12-5-7-15(8-6-12)29-19(20)21/h2-9,19H,10H2,1H3,(H,22,24)(H,23,25,26). The molecule has 0 atom stereocenters. The van der Waals surface area contributed by atoms with Crippen LogP contribution < -0.4 is 15.4 Å². The van der Waals surface area contributed by atoms with Gasteiger partial charge in [0.25, 0.3) is 11.8 Å². The van der Waals surface area contributed by atoms with Gasteiger partial charge in [-0.05, 0) is 42.5 Å². The van der Waals surface area contributed by atoms with Gasteiger partial charge in [0.1, 0.15) is 5.75 Å². The van der Waals surface area contributed by atoms with Crippen molar-refractivity contribution in [2.24, 2.45) is 0 Å². The summed E-state index contributed by atoms with van der Waals surface area (Å²) in [5.41, 5.74) is 0.505. The van der Waals surface area contributed by atoms with Crippen molar-refractivity contribution in [2.45, 2.75) is 13.5 Å². The number of nitrogens with one attached hydrogen (secondary N) is 2. The van der Waals surface area contributed by atoms with E-state index in [1.807, 2.05) is 5.32 Å². The Labute approximate surface area is 163 Å². The van der Waals surface area contributed by atoms with E-state index in [0.29, 0.717) is 5.69 Å². The number of halogens is 2. The lowest BCUT2D eigenvalue weighted by Gasteiger charge is -2.08. The molecule has 0 radical (unpaired) electrons. The van der Waals surface area contributed by atoms with Gasteiger partial charge < -0.3 is 14.8 Å². The van der Waals surface area contributed by atoms with E-state index in [0.717, 1.165) is 12.1 Å². The summed E-state index contributed by atoms with van der Waals surface area (Å²) >= 11 is 0. The van der Waals surface area contributed by atoms with Gasteiger partial charge in [-0.3, -0.25) is 19.7 Å². The Morgan fingerprint density at radius 3 is 2.31 bits per heavy atom. The van der Waals surface area contributed by atoms with Crippen LogP contribution in [-0.2, 0) is 14.3 Å². The van der Waals surface area contributed by atoms with Gasteiger partial charge in [0.15, 0.2) is 6.61 Å². The molecule has 3 amide bonds.